The highest BCUT2D eigenvalue weighted by atomic mass is 16.3. The van der Waals surface area contributed by atoms with Gasteiger partial charge in [-0.2, -0.15) is 0 Å². The summed E-state index contributed by atoms with van der Waals surface area (Å²) < 4.78 is 6.52. The molecule has 0 spiro atoms. The lowest BCUT2D eigenvalue weighted by molar-refractivity contribution is -0.115. The van der Waals surface area contributed by atoms with Crippen LogP contribution in [0.15, 0.2) is 56.7 Å². The first-order valence-electron chi connectivity index (χ1n) is 11.4. The standard InChI is InChI=1S/C24H30N6O5/c1-3-5-12-30-21(25)20(23(33)28-24(30)34)29(4-2)15-19(31)27-18-11-7-6-10-17(18)22(32)26-14-16-9-8-13-35-16/h6-11,13H,3-5,12,14-15,25H2,1-2H3,(H,26,32)(H,27,31)(H,28,33,34). The van der Waals surface area contributed by atoms with Crippen LogP contribution in [0.3, 0.4) is 0 Å². The summed E-state index contributed by atoms with van der Waals surface area (Å²) in [5.41, 5.74) is 5.59. The molecule has 186 valence electrons. The Morgan fingerprint density at radius 3 is 2.60 bits per heavy atom. The monoisotopic (exact) mass is 482 g/mol. The van der Waals surface area contributed by atoms with Gasteiger partial charge in [0.2, 0.25) is 5.91 Å². The van der Waals surface area contributed by atoms with Gasteiger partial charge in [0.15, 0.2) is 0 Å². The van der Waals surface area contributed by atoms with Gasteiger partial charge in [-0.1, -0.05) is 25.5 Å². The molecule has 0 radical (unpaired) electrons. The summed E-state index contributed by atoms with van der Waals surface area (Å²) in [5.74, 6) is -0.224. The summed E-state index contributed by atoms with van der Waals surface area (Å²) >= 11 is 0. The van der Waals surface area contributed by atoms with Gasteiger partial charge in [0, 0.05) is 13.1 Å². The molecule has 2 heterocycles. The van der Waals surface area contributed by atoms with Crippen molar-refractivity contribution in [2.45, 2.75) is 39.8 Å². The first-order valence-corrected chi connectivity index (χ1v) is 11.4. The van der Waals surface area contributed by atoms with E-state index in [1.807, 2.05) is 6.92 Å². The highest BCUT2D eigenvalue weighted by molar-refractivity contribution is 6.04. The van der Waals surface area contributed by atoms with E-state index < -0.39 is 17.2 Å². The van der Waals surface area contributed by atoms with Gasteiger partial charge in [0.1, 0.15) is 17.3 Å². The Hall–Kier alpha value is -4.28. The van der Waals surface area contributed by atoms with Crippen molar-refractivity contribution >= 4 is 29.0 Å². The minimum Gasteiger partial charge on any atom is -0.467 e. The molecule has 1 aromatic carbocycles. The van der Waals surface area contributed by atoms with Gasteiger partial charge in [0.05, 0.1) is 30.6 Å². The number of anilines is 3. The van der Waals surface area contributed by atoms with Crippen molar-refractivity contribution in [3.8, 4) is 0 Å². The number of amides is 2. The zero-order valence-electron chi connectivity index (χ0n) is 19.8. The number of furan rings is 1. The number of hydrogen-bond acceptors (Lipinski definition) is 7. The van der Waals surface area contributed by atoms with Crippen molar-refractivity contribution in [3.63, 3.8) is 0 Å². The van der Waals surface area contributed by atoms with Crippen molar-refractivity contribution in [3.05, 3.63) is 74.8 Å². The molecule has 0 aliphatic rings. The third kappa shape index (κ3) is 6.19. The van der Waals surface area contributed by atoms with Crippen LogP contribution in [0.4, 0.5) is 17.2 Å². The van der Waals surface area contributed by atoms with Gasteiger partial charge < -0.3 is 25.7 Å². The van der Waals surface area contributed by atoms with E-state index in [0.717, 1.165) is 6.42 Å². The number of nitrogens with one attached hydrogen (secondary N) is 3. The van der Waals surface area contributed by atoms with Gasteiger partial charge in [0.25, 0.3) is 11.5 Å². The Labute approximate surface area is 201 Å². The van der Waals surface area contributed by atoms with E-state index in [4.69, 9.17) is 10.2 Å². The van der Waals surface area contributed by atoms with Crippen molar-refractivity contribution < 1.29 is 14.0 Å². The van der Waals surface area contributed by atoms with Crippen LogP contribution in [0, 0.1) is 0 Å². The fourth-order valence-electron chi connectivity index (χ4n) is 3.60. The van der Waals surface area contributed by atoms with E-state index in [9.17, 15) is 19.2 Å². The number of aromatic nitrogens is 2. The molecule has 5 N–H and O–H groups in total. The van der Waals surface area contributed by atoms with E-state index in [0.29, 0.717) is 24.4 Å². The van der Waals surface area contributed by atoms with E-state index in [1.54, 1.807) is 43.3 Å². The van der Waals surface area contributed by atoms with Crippen LogP contribution in [0.1, 0.15) is 42.8 Å². The molecule has 0 saturated heterocycles. The number of likely N-dealkylation sites (N-methyl/N-ethyl adjacent to an activating group) is 1. The Morgan fingerprint density at radius 1 is 1.14 bits per heavy atom. The van der Waals surface area contributed by atoms with Crippen LogP contribution in [-0.2, 0) is 17.9 Å². The van der Waals surface area contributed by atoms with E-state index in [1.165, 1.54) is 15.7 Å². The molecule has 35 heavy (non-hydrogen) atoms. The molecule has 3 rings (SSSR count). The van der Waals surface area contributed by atoms with Gasteiger partial charge in [-0.05, 0) is 37.6 Å². The number of nitrogens with two attached hydrogens (primary N) is 1. The van der Waals surface area contributed by atoms with Crippen molar-refractivity contribution in [1.82, 2.24) is 14.9 Å². The SMILES string of the molecule is CCCCn1c(N)c(N(CC)CC(=O)Nc2ccccc2C(=O)NCc2ccco2)c(=O)[nH]c1=O. The number of para-hydroxylation sites is 1. The molecular weight excluding hydrogens is 452 g/mol. The number of nitrogen functional groups attached to an aromatic ring is 1. The first kappa shape index (κ1) is 25.3. The molecule has 0 fully saturated rings. The summed E-state index contributed by atoms with van der Waals surface area (Å²) in [7, 11) is 0. The highest BCUT2D eigenvalue weighted by Crippen LogP contribution is 2.19. The fraction of sp³-hybridized carbons (Fsp3) is 0.333. The molecule has 0 bridgehead atoms. The zero-order chi connectivity index (χ0) is 25.4. The predicted octanol–water partition coefficient (Wildman–Crippen LogP) is 1.91. The summed E-state index contributed by atoms with van der Waals surface area (Å²) in [6.07, 6.45) is 3.07. The minimum atomic E-state index is -0.660. The number of nitrogens with zero attached hydrogens (tertiary/aromatic N) is 2. The lowest BCUT2D eigenvalue weighted by Gasteiger charge is -2.24. The molecular formula is C24H30N6O5. The third-order valence-corrected chi connectivity index (χ3v) is 5.43. The Kier molecular flexibility index (Phi) is 8.49. The molecule has 0 saturated carbocycles. The van der Waals surface area contributed by atoms with E-state index in [-0.39, 0.29) is 42.6 Å². The Bertz CT molecular complexity index is 1280. The maximum absolute atomic E-state index is 12.9. The second-order valence-electron chi connectivity index (χ2n) is 7.87. The highest BCUT2D eigenvalue weighted by Gasteiger charge is 2.21. The van der Waals surface area contributed by atoms with Crippen LogP contribution >= 0.6 is 0 Å². The number of carbonyl (C=O) groups is 2. The zero-order valence-corrected chi connectivity index (χ0v) is 19.8. The molecule has 0 aliphatic heterocycles. The fourth-order valence-corrected chi connectivity index (χ4v) is 3.60. The number of carbonyl (C=O) groups excluding carboxylic acids is 2. The number of hydrogen-bond donors (Lipinski definition) is 4. The van der Waals surface area contributed by atoms with Gasteiger partial charge >= 0.3 is 5.69 Å². The predicted molar refractivity (Wildman–Crippen MR) is 133 cm³/mol. The molecule has 11 heteroatoms. The lowest BCUT2D eigenvalue weighted by Crippen LogP contribution is -2.41. The van der Waals surface area contributed by atoms with Crippen molar-refractivity contribution in [2.75, 3.05) is 29.0 Å². The third-order valence-electron chi connectivity index (χ3n) is 5.43. The summed E-state index contributed by atoms with van der Waals surface area (Å²) in [6.45, 7) is 4.38. The minimum absolute atomic E-state index is 0.0135. The molecule has 2 amide bonds. The van der Waals surface area contributed by atoms with Crippen LogP contribution in [-0.4, -0.2) is 34.5 Å². The average molecular weight is 483 g/mol. The number of aromatic amines is 1. The van der Waals surface area contributed by atoms with Crippen LogP contribution in [0.25, 0.3) is 0 Å². The quantitative estimate of drug-likeness (QED) is 0.325. The number of unbranched alkanes of at least 4 members (excludes halogenated alkanes) is 1. The van der Waals surface area contributed by atoms with Gasteiger partial charge in [-0.25, -0.2) is 4.79 Å². The number of rotatable bonds is 11. The summed E-state index contributed by atoms with van der Waals surface area (Å²) in [5, 5.41) is 5.48. The number of H-pyrrole nitrogens is 1. The van der Waals surface area contributed by atoms with Crippen LogP contribution < -0.4 is 32.5 Å². The van der Waals surface area contributed by atoms with Gasteiger partial charge in [-0.15, -0.1) is 0 Å². The van der Waals surface area contributed by atoms with Gasteiger partial charge in [-0.3, -0.25) is 23.9 Å². The Balaban J connectivity index is 1.76. The Morgan fingerprint density at radius 2 is 1.91 bits per heavy atom. The second-order valence-corrected chi connectivity index (χ2v) is 7.87. The molecule has 3 aromatic rings. The van der Waals surface area contributed by atoms with Crippen molar-refractivity contribution in [2.24, 2.45) is 0 Å². The molecule has 11 nitrogen and oxygen atoms in total. The molecule has 0 aliphatic carbocycles. The largest absolute Gasteiger partial charge is 0.467 e. The molecule has 0 unspecified atom stereocenters. The van der Waals surface area contributed by atoms with Crippen LogP contribution in [0.2, 0.25) is 0 Å². The molecule has 0 atom stereocenters. The van der Waals surface area contributed by atoms with Crippen LogP contribution in [0.5, 0.6) is 0 Å². The molecule has 2 aromatic heterocycles. The van der Waals surface area contributed by atoms with E-state index in [2.05, 4.69) is 15.6 Å². The lowest BCUT2D eigenvalue weighted by atomic mass is 10.1. The second kappa shape index (κ2) is 11.7. The number of benzene rings is 1. The normalized spacial score (nSPS) is 10.7. The van der Waals surface area contributed by atoms with Crippen molar-refractivity contribution in [1.29, 1.82) is 0 Å². The summed E-state index contributed by atoms with van der Waals surface area (Å²) in [4.78, 5) is 54.1. The smallest absolute Gasteiger partial charge is 0.330 e. The summed E-state index contributed by atoms with van der Waals surface area (Å²) in [6, 6.07) is 10.1. The average Bonchev–Trinajstić information content (AvgIpc) is 3.35. The maximum Gasteiger partial charge on any atom is 0.330 e. The maximum atomic E-state index is 12.9. The first-order chi connectivity index (χ1) is 16.8. The van der Waals surface area contributed by atoms with E-state index >= 15 is 0 Å². The topological polar surface area (TPSA) is 155 Å².